The molecule has 148 valence electrons. The molecule has 1 amide bonds. The average Bonchev–Trinajstić information content (AvgIpc) is 2.79. The molecule has 0 bridgehead atoms. The molecule has 7 nitrogen and oxygen atoms in total. The Balaban J connectivity index is 1.55. The van der Waals surface area contributed by atoms with E-state index in [1.165, 1.54) is 12.3 Å². The van der Waals surface area contributed by atoms with Crippen LogP contribution in [0.3, 0.4) is 0 Å². The van der Waals surface area contributed by atoms with E-state index in [-0.39, 0.29) is 11.7 Å². The van der Waals surface area contributed by atoms with Gasteiger partial charge in [-0.05, 0) is 24.3 Å². The van der Waals surface area contributed by atoms with Crippen molar-refractivity contribution in [3.8, 4) is 11.3 Å². The smallest absolute Gasteiger partial charge is 0.254 e. The van der Waals surface area contributed by atoms with E-state index in [1.54, 1.807) is 54.7 Å². The van der Waals surface area contributed by atoms with Gasteiger partial charge in [0.2, 0.25) is 0 Å². The third-order valence-electron chi connectivity index (χ3n) is 4.75. The first-order valence-electron chi connectivity index (χ1n) is 9.27. The number of carbonyl (C=O) groups excluding carboxylic acids is 1. The maximum atomic E-state index is 14.1. The fraction of sp³-hybridized carbons (Fsp3) is 0.238. The van der Waals surface area contributed by atoms with Crippen molar-refractivity contribution >= 4 is 11.7 Å². The molecule has 0 spiro atoms. The second-order valence-electron chi connectivity index (χ2n) is 6.60. The summed E-state index contributed by atoms with van der Waals surface area (Å²) < 4.78 is 19.9. The Morgan fingerprint density at radius 1 is 1.28 bits per heavy atom. The predicted octanol–water partition coefficient (Wildman–Crippen LogP) is 2.93. The van der Waals surface area contributed by atoms with Crippen LogP contribution in [0, 0.1) is 5.82 Å². The highest BCUT2D eigenvalue weighted by Crippen LogP contribution is 2.25. The Labute approximate surface area is 167 Å². The number of nitrogens with one attached hydrogen (secondary N) is 1. The summed E-state index contributed by atoms with van der Waals surface area (Å²) in [5, 5.41) is 2.93. The van der Waals surface area contributed by atoms with Gasteiger partial charge in [-0.1, -0.05) is 12.1 Å². The maximum absolute atomic E-state index is 14.1. The molecule has 8 heteroatoms. The molecule has 1 fully saturated rings. The van der Waals surface area contributed by atoms with Crippen LogP contribution in [0.2, 0.25) is 0 Å². The minimum absolute atomic E-state index is 0.101. The SMILES string of the molecule is CNc1cc(C(=O)N2CCO[C@@H](c3cncc(-c4ccccc4F)n3)C2)ccn1. The number of aromatic nitrogens is 3. The van der Waals surface area contributed by atoms with Crippen LogP contribution in [-0.4, -0.2) is 52.5 Å². The molecular formula is C21H20FN5O2. The summed E-state index contributed by atoms with van der Waals surface area (Å²) in [7, 11) is 1.75. The van der Waals surface area contributed by atoms with E-state index in [0.29, 0.717) is 48.0 Å². The molecule has 1 atom stereocenters. The molecular weight excluding hydrogens is 373 g/mol. The van der Waals surface area contributed by atoms with E-state index < -0.39 is 6.10 Å². The van der Waals surface area contributed by atoms with Crippen LogP contribution < -0.4 is 5.32 Å². The van der Waals surface area contributed by atoms with Gasteiger partial charge in [0, 0.05) is 30.9 Å². The average molecular weight is 393 g/mol. The van der Waals surface area contributed by atoms with Crippen LogP contribution >= 0.6 is 0 Å². The molecule has 3 heterocycles. The van der Waals surface area contributed by atoms with Crippen LogP contribution in [0.5, 0.6) is 0 Å². The number of benzene rings is 1. The van der Waals surface area contributed by atoms with Crippen molar-refractivity contribution in [1.82, 2.24) is 19.9 Å². The molecule has 1 aromatic carbocycles. The first-order chi connectivity index (χ1) is 14.2. The Hall–Kier alpha value is -3.39. The quantitative estimate of drug-likeness (QED) is 0.734. The zero-order chi connectivity index (χ0) is 20.2. The normalized spacial score (nSPS) is 16.5. The van der Waals surface area contributed by atoms with Crippen LogP contribution in [-0.2, 0) is 4.74 Å². The summed E-state index contributed by atoms with van der Waals surface area (Å²) in [5.74, 6) is 0.165. The lowest BCUT2D eigenvalue weighted by molar-refractivity contribution is -0.0248. The molecule has 1 aliphatic heterocycles. The number of halogens is 1. The lowest BCUT2D eigenvalue weighted by Gasteiger charge is -2.32. The molecule has 0 radical (unpaired) electrons. The fourth-order valence-corrected chi connectivity index (χ4v) is 3.23. The van der Waals surface area contributed by atoms with E-state index in [1.807, 2.05) is 0 Å². The topological polar surface area (TPSA) is 80.2 Å². The lowest BCUT2D eigenvalue weighted by Crippen LogP contribution is -2.42. The molecule has 0 aliphatic carbocycles. The third kappa shape index (κ3) is 4.07. The summed E-state index contributed by atoms with van der Waals surface area (Å²) in [4.78, 5) is 27.5. The van der Waals surface area contributed by atoms with Crippen molar-refractivity contribution in [2.45, 2.75) is 6.10 Å². The summed E-state index contributed by atoms with van der Waals surface area (Å²) >= 11 is 0. The Morgan fingerprint density at radius 2 is 2.14 bits per heavy atom. The minimum Gasteiger partial charge on any atom is -0.373 e. The van der Waals surface area contributed by atoms with Crippen molar-refractivity contribution in [3.05, 3.63) is 72.1 Å². The van der Waals surface area contributed by atoms with Gasteiger partial charge < -0.3 is 15.0 Å². The number of anilines is 1. The van der Waals surface area contributed by atoms with E-state index in [4.69, 9.17) is 4.74 Å². The van der Waals surface area contributed by atoms with Gasteiger partial charge in [-0.3, -0.25) is 9.78 Å². The molecule has 1 aliphatic rings. The fourth-order valence-electron chi connectivity index (χ4n) is 3.23. The second kappa shape index (κ2) is 8.32. The molecule has 0 saturated carbocycles. The van der Waals surface area contributed by atoms with Crippen molar-refractivity contribution in [2.75, 3.05) is 32.1 Å². The molecule has 2 aromatic heterocycles. The number of morpholine rings is 1. The second-order valence-corrected chi connectivity index (χ2v) is 6.60. The molecule has 4 rings (SSSR count). The van der Waals surface area contributed by atoms with Gasteiger partial charge in [0.15, 0.2) is 0 Å². The molecule has 3 aromatic rings. The van der Waals surface area contributed by atoms with Crippen LogP contribution in [0.25, 0.3) is 11.3 Å². The monoisotopic (exact) mass is 393 g/mol. The van der Waals surface area contributed by atoms with Crippen LogP contribution in [0.15, 0.2) is 55.0 Å². The standard InChI is InChI=1S/C21H20FN5O2/c1-23-20-10-14(6-7-25-20)21(28)27-8-9-29-19(13-27)18-12-24-11-17(26-18)15-4-2-3-5-16(15)22/h2-7,10-12,19H,8-9,13H2,1H3,(H,23,25)/t19-/m1/s1. The summed E-state index contributed by atoms with van der Waals surface area (Å²) in [5.41, 5.74) is 1.92. The number of carbonyl (C=O) groups is 1. The van der Waals surface area contributed by atoms with E-state index in [2.05, 4.69) is 20.3 Å². The number of amides is 1. The van der Waals surface area contributed by atoms with Gasteiger partial charge in [-0.15, -0.1) is 0 Å². The number of hydrogen-bond donors (Lipinski definition) is 1. The number of hydrogen-bond acceptors (Lipinski definition) is 6. The Morgan fingerprint density at radius 3 is 2.97 bits per heavy atom. The summed E-state index contributed by atoms with van der Waals surface area (Å²) in [6.07, 6.45) is 4.27. The van der Waals surface area contributed by atoms with Crippen molar-refractivity contribution < 1.29 is 13.9 Å². The first kappa shape index (κ1) is 18.9. The molecule has 29 heavy (non-hydrogen) atoms. The van der Waals surface area contributed by atoms with Gasteiger partial charge in [0.05, 0.1) is 36.9 Å². The maximum Gasteiger partial charge on any atom is 0.254 e. The number of rotatable bonds is 4. The highest BCUT2D eigenvalue weighted by Gasteiger charge is 2.27. The van der Waals surface area contributed by atoms with Crippen molar-refractivity contribution in [1.29, 1.82) is 0 Å². The Bertz CT molecular complexity index is 1030. The Kier molecular flexibility index (Phi) is 5.44. The molecule has 1 N–H and O–H groups in total. The number of nitrogens with zero attached hydrogens (tertiary/aromatic N) is 4. The van der Waals surface area contributed by atoms with Gasteiger partial charge in [-0.2, -0.15) is 0 Å². The van der Waals surface area contributed by atoms with Gasteiger partial charge in [0.1, 0.15) is 17.7 Å². The third-order valence-corrected chi connectivity index (χ3v) is 4.75. The zero-order valence-corrected chi connectivity index (χ0v) is 15.9. The largest absolute Gasteiger partial charge is 0.373 e. The van der Waals surface area contributed by atoms with Crippen LogP contribution in [0.1, 0.15) is 22.2 Å². The lowest BCUT2D eigenvalue weighted by atomic mass is 10.1. The minimum atomic E-state index is -0.433. The van der Waals surface area contributed by atoms with Gasteiger partial charge >= 0.3 is 0 Å². The zero-order valence-electron chi connectivity index (χ0n) is 15.9. The van der Waals surface area contributed by atoms with E-state index >= 15 is 0 Å². The van der Waals surface area contributed by atoms with E-state index in [0.717, 1.165) is 0 Å². The van der Waals surface area contributed by atoms with Crippen molar-refractivity contribution in [2.24, 2.45) is 0 Å². The summed E-state index contributed by atoms with van der Waals surface area (Å²) in [6, 6.07) is 9.82. The van der Waals surface area contributed by atoms with Gasteiger partial charge in [0.25, 0.3) is 5.91 Å². The van der Waals surface area contributed by atoms with Crippen molar-refractivity contribution in [3.63, 3.8) is 0 Å². The molecule has 1 saturated heterocycles. The molecule has 0 unspecified atom stereocenters. The van der Waals surface area contributed by atoms with Gasteiger partial charge in [-0.25, -0.2) is 14.4 Å². The number of ether oxygens (including phenoxy) is 1. The van der Waals surface area contributed by atoms with E-state index in [9.17, 15) is 9.18 Å². The van der Waals surface area contributed by atoms with Crippen LogP contribution in [0.4, 0.5) is 10.2 Å². The summed E-state index contributed by atoms with van der Waals surface area (Å²) in [6.45, 7) is 1.20. The predicted molar refractivity (Wildman–Crippen MR) is 106 cm³/mol. The number of pyridine rings is 1. The first-order valence-corrected chi connectivity index (χ1v) is 9.27. The highest BCUT2D eigenvalue weighted by molar-refractivity contribution is 5.94. The highest BCUT2D eigenvalue weighted by atomic mass is 19.1.